The molecule has 2 rings (SSSR count). The molecule has 3 N–H and O–H groups in total. The average Bonchev–Trinajstić information content (AvgIpc) is 2.56. The van der Waals surface area contributed by atoms with E-state index in [1.54, 1.807) is 7.05 Å². The fraction of sp³-hybridized carbons (Fsp3) is 0.450. The van der Waals surface area contributed by atoms with Crippen molar-refractivity contribution in [2.75, 3.05) is 20.1 Å². The molecule has 24 heavy (non-hydrogen) atoms. The third kappa shape index (κ3) is 5.53. The Labute approximate surface area is 145 Å². The second kappa shape index (κ2) is 8.15. The first-order valence-electron chi connectivity index (χ1n) is 8.60. The molecular weight excluding hydrogens is 296 g/mol. The summed E-state index contributed by atoms with van der Waals surface area (Å²) >= 11 is 0. The summed E-state index contributed by atoms with van der Waals surface area (Å²) < 4.78 is 0. The Bertz CT molecular complexity index is 685. The van der Waals surface area contributed by atoms with Crippen molar-refractivity contribution in [3.05, 3.63) is 48.0 Å². The molecule has 2 aromatic carbocycles. The monoisotopic (exact) mass is 326 g/mol. The number of aliphatic imine (C=N–C) groups is 1. The van der Waals surface area contributed by atoms with Crippen LogP contribution in [0.1, 0.15) is 39.3 Å². The molecule has 0 aromatic heterocycles. The van der Waals surface area contributed by atoms with E-state index in [1.165, 1.54) is 16.3 Å². The third-order valence-electron chi connectivity index (χ3n) is 3.92. The zero-order valence-corrected chi connectivity index (χ0v) is 15.5. The molecule has 0 heterocycles. The van der Waals surface area contributed by atoms with E-state index in [9.17, 15) is 0 Å². The van der Waals surface area contributed by atoms with E-state index in [0.717, 1.165) is 19.0 Å². The molecule has 4 nitrogen and oxygen atoms in total. The molecule has 130 valence electrons. The Morgan fingerprint density at radius 3 is 2.42 bits per heavy atom. The van der Waals surface area contributed by atoms with Gasteiger partial charge in [-0.25, -0.2) is 0 Å². The van der Waals surface area contributed by atoms with Gasteiger partial charge in [0.15, 0.2) is 5.96 Å². The van der Waals surface area contributed by atoms with Crippen LogP contribution in [0.2, 0.25) is 0 Å². The van der Waals surface area contributed by atoms with Gasteiger partial charge in [-0.1, -0.05) is 36.4 Å². The zero-order chi connectivity index (χ0) is 17.6. The van der Waals surface area contributed by atoms with Crippen molar-refractivity contribution in [2.24, 2.45) is 4.99 Å². The molecule has 0 saturated carbocycles. The van der Waals surface area contributed by atoms with Crippen molar-refractivity contribution < 1.29 is 0 Å². The molecule has 0 aliphatic heterocycles. The van der Waals surface area contributed by atoms with E-state index >= 15 is 0 Å². The van der Waals surface area contributed by atoms with Crippen molar-refractivity contribution >= 4 is 16.7 Å². The van der Waals surface area contributed by atoms with Gasteiger partial charge in [0.2, 0.25) is 0 Å². The first kappa shape index (κ1) is 18.3. The normalized spacial score (nSPS) is 13.8. The van der Waals surface area contributed by atoms with Gasteiger partial charge in [0.1, 0.15) is 0 Å². The van der Waals surface area contributed by atoms with Gasteiger partial charge in [0, 0.05) is 25.7 Å². The van der Waals surface area contributed by atoms with Gasteiger partial charge < -0.3 is 16.0 Å². The fourth-order valence-corrected chi connectivity index (χ4v) is 2.58. The number of nitrogens with zero attached hydrogens (tertiary/aromatic N) is 1. The number of rotatable bonds is 5. The highest BCUT2D eigenvalue weighted by atomic mass is 15.2. The maximum Gasteiger partial charge on any atom is 0.191 e. The van der Waals surface area contributed by atoms with E-state index in [2.05, 4.69) is 91.1 Å². The van der Waals surface area contributed by atoms with Crippen molar-refractivity contribution in [3.8, 4) is 0 Å². The van der Waals surface area contributed by atoms with E-state index in [0.29, 0.717) is 0 Å². The first-order valence-corrected chi connectivity index (χ1v) is 8.60. The molecule has 4 heteroatoms. The number of guanidine groups is 1. The lowest BCUT2D eigenvalue weighted by Crippen LogP contribution is -2.45. The summed E-state index contributed by atoms with van der Waals surface area (Å²) in [6, 6.07) is 15.2. The zero-order valence-electron chi connectivity index (χ0n) is 15.5. The second-order valence-electron chi connectivity index (χ2n) is 7.15. The molecule has 0 amide bonds. The molecule has 1 unspecified atom stereocenters. The minimum Gasteiger partial charge on any atom is -0.355 e. The van der Waals surface area contributed by atoms with Crippen molar-refractivity contribution in [2.45, 2.75) is 39.3 Å². The first-order chi connectivity index (χ1) is 11.4. The molecule has 0 bridgehead atoms. The molecule has 0 aliphatic carbocycles. The summed E-state index contributed by atoms with van der Waals surface area (Å²) in [5.41, 5.74) is 1.39. The average molecular weight is 326 g/mol. The largest absolute Gasteiger partial charge is 0.355 e. The van der Waals surface area contributed by atoms with Crippen LogP contribution in [-0.4, -0.2) is 31.6 Å². The fourth-order valence-electron chi connectivity index (χ4n) is 2.58. The quantitative estimate of drug-likeness (QED) is 0.448. The van der Waals surface area contributed by atoms with Crippen LogP contribution >= 0.6 is 0 Å². The second-order valence-corrected chi connectivity index (χ2v) is 7.15. The van der Waals surface area contributed by atoms with Crippen LogP contribution in [0.3, 0.4) is 0 Å². The Morgan fingerprint density at radius 2 is 1.75 bits per heavy atom. The van der Waals surface area contributed by atoms with Crippen molar-refractivity contribution in [1.29, 1.82) is 0 Å². The molecule has 0 aliphatic rings. The Kier molecular flexibility index (Phi) is 6.21. The Morgan fingerprint density at radius 1 is 1.04 bits per heavy atom. The SMILES string of the molecule is CN=C(NCCNC(C)(C)C)NC(C)c1ccc2ccccc2c1. The van der Waals surface area contributed by atoms with Crippen LogP contribution in [0, 0.1) is 0 Å². The summed E-state index contributed by atoms with van der Waals surface area (Å²) in [6.45, 7) is 10.4. The Hall–Kier alpha value is -2.07. The summed E-state index contributed by atoms with van der Waals surface area (Å²) in [7, 11) is 1.81. The van der Waals surface area contributed by atoms with Gasteiger partial charge in [-0.15, -0.1) is 0 Å². The van der Waals surface area contributed by atoms with Crippen LogP contribution in [0.25, 0.3) is 10.8 Å². The lowest BCUT2D eigenvalue weighted by Gasteiger charge is -2.22. The summed E-state index contributed by atoms with van der Waals surface area (Å²) in [5, 5.41) is 12.8. The van der Waals surface area contributed by atoms with E-state index in [-0.39, 0.29) is 11.6 Å². The van der Waals surface area contributed by atoms with Crippen molar-refractivity contribution in [1.82, 2.24) is 16.0 Å². The van der Waals surface area contributed by atoms with Gasteiger partial charge in [-0.2, -0.15) is 0 Å². The highest BCUT2D eigenvalue weighted by Crippen LogP contribution is 2.20. The molecule has 1 atom stereocenters. The predicted octanol–water partition coefficient (Wildman–Crippen LogP) is 3.45. The number of benzene rings is 2. The van der Waals surface area contributed by atoms with Gasteiger partial charge in [-0.05, 0) is 50.1 Å². The Balaban J connectivity index is 1.92. The minimum atomic E-state index is 0.136. The minimum absolute atomic E-state index is 0.136. The number of hydrogen-bond acceptors (Lipinski definition) is 2. The van der Waals surface area contributed by atoms with Crippen molar-refractivity contribution in [3.63, 3.8) is 0 Å². The van der Waals surface area contributed by atoms with Gasteiger partial charge in [0.25, 0.3) is 0 Å². The van der Waals surface area contributed by atoms with E-state index in [1.807, 2.05) is 0 Å². The molecule has 0 saturated heterocycles. The number of hydrogen-bond donors (Lipinski definition) is 3. The van der Waals surface area contributed by atoms with Crippen LogP contribution < -0.4 is 16.0 Å². The third-order valence-corrected chi connectivity index (χ3v) is 3.92. The molecule has 2 aromatic rings. The van der Waals surface area contributed by atoms with E-state index in [4.69, 9.17) is 0 Å². The summed E-state index contributed by atoms with van der Waals surface area (Å²) in [4.78, 5) is 4.32. The number of fused-ring (bicyclic) bond motifs is 1. The maximum atomic E-state index is 4.32. The number of nitrogens with one attached hydrogen (secondary N) is 3. The highest BCUT2D eigenvalue weighted by molar-refractivity contribution is 5.84. The van der Waals surface area contributed by atoms with Gasteiger partial charge >= 0.3 is 0 Å². The standard InChI is InChI=1S/C20H30N4/c1-15(17-11-10-16-8-6-7-9-18(16)14-17)24-19(21-5)22-12-13-23-20(2,3)4/h6-11,14-15,23H,12-13H2,1-5H3,(H2,21,22,24). The van der Waals surface area contributed by atoms with Crippen LogP contribution in [-0.2, 0) is 0 Å². The maximum absolute atomic E-state index is 4.32. The molecule has 0 fully saturated rings. The molecular formula is C20H30N4. The van der Waals surface area contributed by atoms with Crippen LogP contribution in [0.4, 0.5) is 0 Å². The summed E-state index contributed by atoms with van der Waals surface area (Å²) in [6.07, 6.45) is 0. The van der Waals surface area contributed by atoms with E-state index < -0.39 is 0 Å². The van der Waals surface area contributed by atoms with Gasteiger partial charge in [-0.3, -0.25) is 4.99 Å². The lowest BCUT2D eigenvalue weighted by atomic mass is 10.0. The summed E-state index contributed by atoms with van der Waals surface area (Å²) in [5.74, 6) is 0.825. The molecule has 0 radical (unpaired) electrons. The lowest BCUT2D eigenvalue weighted by molar-refractivity contribution is 0.428. The topological polar surface area (TPSA) is 48.5 Å². The smallest absolute Gasteiger partial charge is 0.191 e. The highest BCUT2D eigenvalue weighted by Gasteiger charge is 2.10. The molecule has 0 spiro atoms. The van der Waals surface area contributed by atoms with Crippen LogP contribution in [0.5, 0.6) is 0 Å². The predicted molar refractivity (Wildman–Crippen MR) is 105 cm³/mol. The van der Waals surface area contributed by atoms with Gasteiger partial charge in [0.05, 0.1) is 6.04 Å². The van der Waals surface area contributed by atoms with Crippen LogP contribution in [0.15, 0.2) is 47.5 Å².